The van der Waals surface area contributed by atoms with E-state index >= 15 is 0 Å². The third-order valence-corrected chi connectivity index (χ3v) is 5.20. The van der Waals surface area contributed by atoms with E-state index in [0.29, 0.717) is 23.9 Å². The van der Waals surface area contributed by atoms with Gasteiger partial charge in [0, 0.05) is 29.8 Å². The first kappa shape index (κ1) is 18.5. The smallest absolute Gasteiger partial charge is 0.273 e. The summed E-state index contributed by atoms with van der Waals surface area (Å²) in [7, 11) is 3.26. The van der Waals surface area contributed by atoms with Gasteiger partial charge in [0.15, 0.2) is 0 Å². The number of benzene rings is 2. The van der Waals surface area contributed by atoms with Crippen molar-refractivity contribution in [3.8, 4) is 17.0 Å². The minimum absolute atomic E-state index is 0.0840. The van der Waals surface area contributed by atoms with Gasteiger partial charge in [0.05, 0.1) is 25.5 Å². The summed E-state index contributed by atoms with van der Waals surface area (Å²) in [6, 6.07) is 14.9. The Morgan fingerprint density at radius 1 is 1.11 bits per heavy atom. The van der Waals surface area contributed by atoms with Crippen LogP contribution in [0.2, 0.25) is 5.02 Å². The topological polar surface area (TPSA) is 67.5 Å². The average Bonchev–Trinajstić information content (AvgIpc) is 3.26. The summed E-state index contributed by atoms with van der Waals surface area (Å²) in [5.41, 5.74) is 4.03. The zero-order valence-electron chi connectivity index (χ0n) is 15.6. The van der Waals surface area contributed by atoms with E-state index in [0.717, 1.165) is 28.1 Å². The minimum Gasteiger partial charge on any atom is -0.497 e. The molecule has 0 bridgehead atoms. The van der Waals surface area contributed by atoms with Gasteiger partial charge in [0.25, 0.3) is 5.91 Å². The molecule has 1 unspecified atom stereocenters. The molecule has 28 heavy (non-hydrogen) atoms. The number of hydrogen-bond acceptors (Lipinski definition) is 4. The third-order valence-electron chi connectivity index (χ3n) is 4.95. The first-order valence-corrected chi connectivity index (χ1v) is 9.30. The number of amides is 1. The Labute approximate surface area is 168 Å². The van der Waals surface area contributed by atoms with Crippen LogP contribution in [0.5, 0.6) is 5.75 Å². The van der Waals surface area contributed by atoms with Gasteiger partial charge >= 0.3 is 0 Å². The highest BCUT2D eigenvalue weighted by Gasteiger charge is 2.41. The van der Waals surface area contributed by atoms with Gasteiger partial charge in [-0.05, 0) is 42.0 Å². The molecule has 0 saturated carbocycles. The van der Waals surface area contributed by atoms with Crippen molar-refractivity contribution in [3.63, 3.8) is 0 Å². The van der Waals surface area contributed by atoms with Crippen LogP contribution in [-0.4, -0.2) is 48.4 Å². The number of nitrogens with zero attached hydrogens (tertiary/aromatic N) is 2. The van der Waals surface area contributed by atoms with E-state index in [2.05, 4.69) is 10.2 Å². The summed E-state index contributed by atoms with van der Waals surface area (Å²) in [6.45, 7) is 0.929. The number of H-pyrrole nitrogens is 1. The fourth-order valence-corrected chi connectivity index (χ4v) is 3.70. The fraction of sp³-hybridized carbons (Fsp3) is 0.238. The van der Waals surface area contributed by atoms with Crippen LogP contribution in [0.4, 0.5) is 0 Å². The van der Waals surface area contributed by atoms with Crippen molar-refractivity contribution in [3.05, 3.63) is 70.4 Å². The predicted octanol–water partition coefficient (Wildman–Crippen LogP) is 3.93. The van der Waals surface area contributed by atoms with Crippen LogP contribution in [0.1, 0.15) is 27.7 Å². The highest BCUT2D eigenvalue weighted by Crippen LogP contribution is 2.42. The van der Waals surface area contributed by atoms with Gasteiger partial charge in [-0.15, -0.1) is 0 Å². The van der Waals surface area contributed by atoms with Gasteiger partial charge < -0.3 is 14.4 Å². The second kappa shape index (κ2) is 7.66. The molecule has 0 spiro atoms. The zero-order valence-corrected chi connectivity index (χ0v) is 16.4. The van der Waals surface area contributed by atoms with Crippen molar-refractivity contribution in [2.75, 3.05) is 27.4 Å². The van der Waals surface area contributed by atoms with Crippen molar-refractivity contribution in [1.82, 2.24) is 15.1 Å². The number of nitrogens with one attached hydrogen (secondary N) is 1. The Kier molecular flexibility index (Phi) is 5.07. The summed E-state index contributed by atoms with van der Waals surface area (Å²) >= 11 is 6.07. The zero-order chi connectivity index (χ0) is 19.7. The first-order valence-electron chi connectivity index (χ1n) is 8.92. The van der Waals surface area contributed by atoms with Crippen LogP contribution in [0.3, 0.4) is 0 Å². The molecule has 0 saturated heterocycles. The third kappa shape index (κ3) is 3.15. The Morgan fingerprint density at radius 2 is 1.82 bits per heavy atom. The standard InChI is InChI=1S/C21H20ClN3O3/c1-27-12-11-25-20(14-3-7-15(22)8-4-14)17-18(23-24-19(17)21(25)26)13-5-9-16(28-2)10-6-13/h3-10,20H,11-12H2,1-2H3,(H,23,24). The molecular weight excluding hydrogens is 378 g/mol. The van der Waals surface area contributed by atoms with E-state index in [4.69, 9.17) is 21.1 Å². The molecule has 1 aliphatic heterocycles. The summed E-state index contributed by atoms with van der Waals surface area (Å²) in [4.78, 5) is 14.9. The van der Waals surface area contributed by atoms with Crippen molar-refractivity contribution in [2.45, 2.75) is 6.04 Å². The van der Waals surface area contributed by atoms with E-state index < -0.39 is 0 Å². The second-order valence-electron chi connectivity index (χ2n) is 6.53. The molecule has 6 nitrogen and oxygen atoms in total. The number of methoxy groups -OCH3 is 2. The molecule has 0 aliphatic carbocycles. The summed E-state index contributed by atoms with van der Waals surface area (Å²) in [5, 5.41) is 8.04. The van der Waals surface area contributed by atoms with Crippen LogP contribution in [0.15, 0.2) is 48.5 Å². The molecule has 0 fully saturated rings. The lowest BCUT2D eigenvalue weighted by Crippen LogP contribution is -2.32. The Hall–Kier alpha value is -2.83. The van der Waals surface area contributed by atoms with E-state index in [1.807, 2.05) is 53.4 Å². The summed E-state index contributed by atoms with van der Waals surface area (Å²) in [6.07, 6.45) is 0. The molecule has 4 rings (SSSR count). The van der Waals surface area contributed by atoms with Crippen molar-refractivity contribution < 1.29 is 14.3 Å². The van der Waals surface area contributed by atoms with Gasteiger partial charge in [-0.1, -0.05) is 23.7 Å². The number of halogens is 1. The molecule has 3 aromatic rings. The normalized spacial score (nSPS) is 15.8. The van der Waals surface area contributed by atoms with E-state index in [1.54, 1.807) is 14.2 Å². The number of rotatable bonds is 6. The summed E-state index contributed by atoms with van der Waals surface area (Å²) < 4.78 is 10.5. The monoisotopic (exact) mass is 397 g/mol. The molecule has 1 N–H and O–H groups in total. The van der Waals surface area contributed by atoms with Gasteiger partial charge in [-0.3, -0.25) is 9.89 Å². The average molecular weight is 398 g/mol. The highest BCUT2D eigenvalue weighted by molar-refractivity contribution is 6.30. The lowest BCUT2D eigenvalue weighted by molar-refractivity contribution is 0.0677. The number of hydrogen-bond donors (Lipinski definition) is 1. The molecule has 2 heterocycles. The van der Waals surface area contributed by atoms with E-state index in [-0.39, 0.29) is 11.9 Å². The number of aromatic nitrogens is 2. The van der Waals surface area contributed by atoms with Crippen LogP contribution in [0.25, 0.3) is 11.3 Å². The molecule has 1 amide bonds. The molecule has 144 valence electrons. The second-order valence-corrected chi connectivity index (χ2v) is 6.97. The molecule has 7 heteroatoms. The van der Waals surface area contributed by atoms with Crippen LogP contribution in [-0.2, 0) is 4.74 Å². The van der Waals surface area contributed by atoms with Crippen molar-refractivity contribution >= 4 is 17.5 Å². The lowest BCUT2D eigenvalue weighted by Gasteiger charge is -2.26. The summed E-state index contributed by atoms with van der Waals surface area (Å²) in [5.74, 6) is 0.683. The molecule has 1 aliphatic rings. The van der Waals surface area contributed by atoms with Crippen molar-refractivity contribution in [2.24, 2.45) is 0 Å². The molecular formula is C21H20ClN3O3. The van der Waals surface area contributed by atoms with E-state index in [1.165, 1.54) is 0 Å². The maximum Gasteiger partial charge on any atom is 0.273 e. The SMILES string of the molecule is COCCN1C(=O)c2[nH]nc(-c3ccc(OC)cc3)c2C1c1ccc(Cl)cc1. The highest BCUT2D eigenvalue weighted by atomic mass is 35.5. The first-order chi connectivity index (χ1) is 13.6. The van der Waals surface area contributed by atoms with Crippen LogP contribution >= 0.6 is 11.6 Å². The molecule has 1 atom stereocenters. The Bertz CT molecular complexity index is 983. The van der Waals surface area contributed by atoms with Gasteiger partial charge in [0.2, 0.25) is 0 Å². The van der Waals surface area contributed by atoms with Gasteiger partial charge in [-0.2, -0.15) is 5.10 Å². The Balaban J connectivity index is 1.82. The van der Waals surface area contributed by atoms with Gasteiger partial charge in [0.1, 0.15) is 11.4 Å². The Morgan fingerprint density at radius 3 is 2.46 bits per heavy atom. The minimum atomic E-state index is -0.259. The largest absolute Gasteiger partial charge is 0.497 e. The van der Waals surface area contributed by atoms with Gasteiger partial charge in [-0.25, -0.2) is 0 Å². The molecule has 2 aromatic carbocycles. The van der Waals surface area contributed by atoms with Crippen LogP contribution < -0.4 is 4.74 Å². The fourth-order valence-electron chi connectivity index (χ4n) is 3.58. The number of carbonyl (C=O) groups is 1. The number of ether oxygens (including phenoxy) is 2. The number of fused-ring (bicyclic) bond motifs is 1. The van der Waals surface area contributed by atoms with Crippen LogP contribution in [0, 0.1) is 0 Å². The maximum atomic E-state index is 13.1. The molecule has 1 aromatic heterocycles. The predicted molar refractivity (Wildman–Crippen MR) is 107 cm³/mol. The van der Waals surface area contributed by atoms with Crippen molar-refractivity contribution in [1.29, 1.82) is 0 Å². The lowest BCUT2D eigenvalue weighted by atomic mass is 9.96. The quantitative estimate of drug-likeness (QED) is 0.684. The maximum absolute atomic E-state index is 13.1. The number of aromatic amines is 1. The molecule has 0 radical (unpaired) electrons. The van der Waals surface area contributed by atoms with E-state index in [9.17, 15) is 4.79 Å². The number of carbonyl (C=O) groups excluding carboxylic acids is 1.